The summed E-state index contributed by atoms with van der Waals surface area (Å²) in [5.74, 6) is 0.295. The zero-order chi connectivity index (χ0) is 11.6. The number of hydrogen-bond acceptors (Lipinski definition) is 2. The number of aryl methyl sites for hydroxylation is 1. The van der Waals surface area contributed by atoms with Crippen molar-refractivity contribution in [1.29, 1.82) is 0 Å². The molecule has 0 heterocycles. The van der Waals surface area contributed by atoms with E-state index in [9.17, 15) is 4.79 Å². The molecular weight excluding hydrogens is 418 g/mol. The fourth-order valence-corrected chi connectivity index (χ4v) is 2.41. The number of rotatable bonds is 2. The van der Waals surface area contributed by atoms with Crippen LogP contribution in [0.2, 0.25) is 0 Å². The van der Waals surface area contributed by atoms with Crippen molar-refractivity contribution in [3.63, 3.8) is 0 Å². The first-order valence-electron chi connectivity index (χ1n) is 4.26. The topological polar surface area (TPSA) is 26.3 Å². The predicted octanol–water partition coefficient (Wildman–Crippen LogP) is 3.77. The van der Waals surface area contributed by atoms with Crippen LogP contribution in [0.4, 0.5) is 0 Å². The maximum atomic E-state index is 11.0. The fraction of sp³-hybridized carbons (Fsp3) is 0.182. The number of carbonyl (C=O) groups is 1. The second-order valence-corrected chi connectivity index (χ2v) is 5.20. The van der Waals surface area contributed by atoms with E-state index >= 15 is 0 Å². The van der Waals surface area contributed by atoms with Crippen molar-refractivity contribution in [3.8, 4) is 5.75 Å². The van der Waals surface area contributed by atoms with E-state index < -0.39 is 0 Å². The van der Waals surface area contributed by atoms with Gasteiger partial charge in [-0.25, -0.2) is 0 Å². The molecule has 0 aromatic heterocycles. The first-order chi connectivity index (χ1) is 6.97. The molecule has 2 nitrogen and oxygen atoms in total. The standard InChI is InChI=1S/C11H10I2O2/c1-4-8-5-6(2)9(12)10(13)11(8)15-7(3)14/h4-5H,1H2,2-3H3. The number of benzene rings is 1. The van der Waals surface area contributed by atoms with Crippen LogP contribution in [-0.2, 0) is 4.79 Å². The van der Waals surface area contributed by atoms with Gasteiger partial charge in [0.2, 0.25) is 0 Å². The largest absolute Gasteiger partial charge is 0.425 e. The monoisotopic (exact) mass is 428 g/mol. The summed E-state index contributed by atoms with van der Waals surface area (Å²) in [7, 11) is 0. The molecule has 0 saturated carbocycles. The van der Waals surface area contributed by atoms with Crippen molar-refractivity contribution >= 4 is 57.2 Å². The van der Waals surface area contributed by atoms with Crippen LogP contribution in [0.1, 0.15) is 18.1 Å². The van der Waals surface area contributed by atoms with E-state index in [0.717, 1.165) is 18.3 Å². The molecule has 0 saturated heterocycles. The Labute approximate surface area is 116 Å². The summed E-state index contributed by atoms with van der Waals surface area (Å²) < 4.78 is 7.24. The third kappa shape index (κ3) is 2.93. The lowest BCUT2D eigenvalue weighted by atomic mass is 10.1. The highest BCUT2D eigenvalue weighted by Gasteiger charge is 2.13. The smallest absolute Gasteiger partial charge is 0.308 e. The maximum Gasteiger partial charge on any atom is 0.308 e. The molecule has 15 heavy (non-hydrogen) atoms. The molecule has 0 aliphatic rings. The molecular formula is C11H10I2O2. The molecule has 0 unspecified atom stereocenters. The van der Waals surface area contributed by atoms with Gasteiger partial charge in [0.25, 0.3) is 0 Å². The van der Waals surface area contributed by atoms with E-state index in [-0.39, 0.29) is 5.97 Å². The normalized spacial score (nSPS) is 9.87. The van der Waals surface area contributed by atoms with E-state index in [2.05, 4.69) is 51.8 Å². The number of hydrogen-bond donors (Lipinski definition) is 0. The van der Waals surface area contributed by atoms with Gasteiger partial charge in [-0.1, -0.05) is 12.7 Å². The van der Waals surface area contributed by atoms with Gasteiger partial charge in [0.15, 0.2) is 5.75 Å². The van der Waals surface area contributed by atoms with Crippen molar-refractivity contribution in [2.75, 3.05) is 0 Å². The summed E-state index contributed by atoms with van der Waals surface area (Å²) >= 11 is 4.42. The highest BCUT2D eigenvalue weighted by Crippen LogP contribution is 2.33. The Hall–Kier alpha value is -0.110. The molecule has 0 fully saturated rings. The summed E-state index contributed by atoms with van der Waals surface area (Å²) in [4.78, 5) is 11.0. The minimum absolute atomic E-state index is 0.310. The highest BCUT2D eigenvalue weighted by atomic mass is 127. The minimum atomic E-state index is -0.310. The Morgan fingerprint density at radius 1 is 1.47 bits per heavy atom. The molecule has 0 N–H and O–H groups in total. The molecule has 0 spiro atoms. The molecule has 0 radical (unpaired) electrons. The molecule has 0 bridgehead atoms. The van der Waals surface area contributed by atoms with Crippen LogP contribution in [0, 0.1) is 14.1 Å². The van der Waals surface area contributed by atoms with Crippen LogP contribution >= 0.6 is 45.2 Å². The zero-order valence-electron chi connectivity index (χ0n) is 8.43. The van der Waals surface area contributed by atoms with Crippen LogP contribution in [0.5, 0.6) is 5.75 Å². The lowest BCUT2D eigenvalue weighted by Crippen LogP contribution is -2.06. The quantitative estimate of drug-likeness (QED) is 0.408. The van der Waals surface area contributed by atoms with Crippen LogP contribution < -0.4 is 4.74 Å². The third-order valence-electron chi connectivity index (χ3n) is 1.84. The fourth-order valence-electron chi connectivity index (χ4n) is 1.16. The predicted molar refractivity (Wildman–Crippen MR) is 78.0 cm³/mol. The van der Waals surface area contributed by atoms with Crippen LogP contribution in [0.25, 0.3) is 6.08 Å². The Kier molecular flexibility index (Phi) is 4.57. The molecule has 80 valence electrons. The summed E-state index contributed by atoms with van der Waals surface area (Å²) in [5.41, 5.74) is 2.01. The van der Waals surface area contributed by atoms with Gasteiger partial charge in [-0.15, -0.1) is 0 Å². The molecule has 1 rings (SSSR count). The Morgan fingerprint density at radius 2 is 2.07 bits per heavy atom. The van der Waals surface area contributed by atoms with Gasteiger partial charge in [0.1, 0.15) is 0 Å². The summed E-state index contributed by atoms with van der Waals surface area (Å²) in [6.45, 7) is 7.13. The van der Waals surface area contributed by atoms with E-state index in [1.165, 1.54) is 6.92 Å². The summed E-state index contributed by atoms with van der Waals surface area (Å²) in [5, 5.41) is 0. The van der Waals surface area contributed by atoms with Gasteiger partial charge < -0.3 is 4.74 Å². The van der Waals surface area contributed by atoms with Crippen LogP contribution in [0.15, 0.2) is 12.6 Å². The van der Waals surface area contributed by atoms with Crippen molar-refractivity contribution in [2.24, 2.45) is 0 Å². The van der Waals surface area contributed by atoms with E-state index in [4.69, 9.17) is 4.74 Å². The van der Waals surface area contributed by atoms with Gasteiger partial charge in [-0.3, -0.25) is 4.79 Å². The number of carbonyl (C=O) groups excluding carboxylic acids is 1. The molecule has 0 atom stereocenters. The highest BCUT2D eigenvalue weighted by molar-refractivity contribution is 14.1. The Morgan fingerprint density at radius 3 is 2.53 bits per heavy atom. The molecule has 0 aliphatic heterocycles. The SMILES string of the molecule is C=Cc1cc(C)c(I)c(I)c1OC(C)=O. The summed E-state index contributed by atoms with van der Waals surface area (Å²) in [6.07, 6.45) is 1.70. The average Bonchev–Trinajstić information content (AvgIpc) is 2.18. The van der Waals surface area contributed by atoms with E-state index in [1.807, 2.05) is 13.0 Å². The lowest BCUT2D eigenvalue weighted by Gasteiger charge is -2.11. The Balaban J connectivity index is 3.39. The molecule has 1 aromatic carbocycles. The number of halogens is 2. The molecule has 4 heteroatoms. The number of esters is 1. The first-order valence-corrected chi connectivity index (χ1v) is 6.42. The Bertz CT molecular complexity index is 425. The van der Waals surface area contributed by atoms with Gasteiger partial charge in [-0.2, -0.15) is 0 Å². The van der Waals surface area contributed by atoms with Crippen LogP contribution in [0.3, 0.4) is 0 Å². The minimum Gasteiger partial charge on any atom is -0.425 e. The van der Waals surface area contributed by atoms with Gasteiger partial charge in [0.05, 0.1) is 3.57 Å². The third-order valence-corrected chi connectivity index (χ3v) is 5.29. The second-order valence-electron chi connectivity index (χ2n) is 3.04. The van der Waals surface area contributed by atoms with Crippen LogP contribution in [-0.4, -0.2) is 5.97 Å². The zero-order valence-corrected chi connectivity index (χ0v) is 12.7. The molecule has 1 aromatic rings. The lowest BCUT2D eigenvalue weighted by molar-refractivity contribution is -0.131. The maximum absolute atomic E-state index is 11.0. The van der Waals surface area contributed by atoms with Crippen molar-refractivity contribution in [2.45, 2.75) is 13.8 Å². The average molecular weight is 428 g/mol. The molecule has 0 amide bonds. The van der Waals surface area contributed by atoms with E-state index in [0.29, 0.717) is 5.75 Å². The first kappa shape index (κ1) is 13.0. The van der Waals surface area contributed by atoms with Gasteiger partial charge in [0, 0.05) is 16.1 Å². The van der Waals surface area contributed by atoms with Crippen molar-refractivity contribution in [3.05, 3.63) is 30.9 Å². The number of ether oxygens (including phenoxy) is 1. The van der Waals surface area contributed by atoms with E-state index in [1.54, 1.807) is 6.08 Å². The van der Waals surface area contributed by atoms with Crippen molar-refractivity contribution in [1.82, 2.24) is 0 Å². The molecule has 0 aliphatic carbocycles. The second kappa shape index (κ2) is 5.29. The van der Waals surface area contributed by atoms with Gasteiger partial charge >= 0.3 is 5.97 Å². The van der Waals surface area contributed by atoms with Crippen molar-refractivity contribution < 1.29 is 9.53 Å². The summed E-state index contributed by atoms with van der Waals surface area (Å²) in [6, 6.07) is 1.97. The van der Waals surface area contributed by atoms with Gasteiger partial charge in [-0.05, 0) is 63.7 Å².